The minimum absolute atomic E-state index is 0.0877. The maximum Gasteiger partial charge on any atom is 0.211 e. The molecule has 0 radical (unpaired) electrons. The van der Waals surface area contributed by atoms with Crippen molar-refractivity contribution in [2.45, 2.75) is 18.8 Å². The number of halogens is 1. The SMILES string of the molecule is CS(=O)(=O)N1CCC[C@@H](c2cncc(Cl)n2)C1. The van der Waals surface area contributed by atoms with Crippen molar-refractivity contribution < 1.29 is 8.42 Å². The van der Waals surface area contributed by atoms with Crippen LogP contribution in [0.5, 0.6) is 0 Å². The first-order chi connectivity index (χ1) is 7.97. The predicted molar refractivity (Wildman–Crippen MR) is 65.4 cm³/mol. The number of hydrogen-bond donors (Lipinski definition) is 0. The quantitative estimate of drug-likeness (QED) is 0.815. The van der Waals surface area contributed by atoms with E-state index >= 15 is 0 Å². The first kappa shape index (κ1) is 12.7. The summed E-state index contributed by atoms with van der Waals surface area (Å²) in [6.45, 7) is 1.05. The van der Waals surface area contributed by atoms with Gasteiger partial charge in [-0.3, -0.25) is 4.98 Å². The third-order valence-corrected chi connectivity index (χ3v) is 4.35. The Labute approximate surface area is 106 Å². The van der Waals surface area contributed by atoms with Gasteiger partial charge in [-0.25, -0.2) is 17.7 Å². The first-order valence-corrected chi connectivity index (χ1v) is 7.62. The Balaban J connectivity index is 2.18. The largest absolute Gasteiger partial charge is 0.260 e. The van der Waals surface area contributed by atoms with Crippen LogP contribution in [0, 0.1) is 0 Å². The molecule has 1 fully saturated rings. The molecule has 0 aromatic carbocycles. The molecule has 17 heavy (non-hydrogen) atoms. The van der Waals surface area contributed by atoms with Crippen molar-refractivity contribution in [1.82, 2.24) is 14.3 Å². The molecule has 1 aromatic heterocycles. The lowest BCUT2D eigenvalue weighted by Crippen LogP contribution is -2.38. The third kappa shape index (κ3) is 3.14. The highest BCUT2D eigenvalue weighted by Gasteiger charge is 2.27. The average molecular weight is 276 g/mol. The zero-order valence-corrected chi connectivity index (χ0v) is 11.1. The molecule has 0 aliphatic carbocycles. The Bertz CT molecular complexity index is 506. The zero-order chi connectivity index (χ0) is 12.5. The van der Waals surface area contributed by atoms with Gasteiger partial charge >= 0.3 is 0 Å². The highest BCUT2D eigenvalue weighted by Crippen LogP contribution is 2.26. The van der Waals surface area contributed by atoms with Crippen molar-refractivity contribution in [3.8, 4) is 0 Å². The highest BCUT2D eigenvalue weighted by molar-refractivity contribution is 7.88. The second-order valence-corrected chi connectivity index (χ2v) is 6.60. The number of nitrogens with zero attached hydrogens (tertiary/aromatic N) is 3. The molecule has 0 N–H and O–H groups in total. The summed E-state index contributed by atoms with van der Waals surface area (Å²) in [6.07, 6.45) is 6.12. The monoisotopic (exact) mass is 275 g/mol. The van der Waals surface area contributed by atoms with Crippen LogP contribution in [-0.2, 0) is 10.0 Å². The smallest absolute Gasteiger partial charge is 0.211 e. The van der Waals surface area contributed by atoms with Gasteiger partial charge in [-0.2, -0.15) is 0 Å². The van der Waals surface area contributed by atoms with Gasteiger partial charge in [0.25, 0.3) is 0 Å². The van der Waals surface area contributed by atoms with Gasteiger partial charge in [0.15, 0.2) is 0 Å². The first-order valence-electron chi connectivity index (χ1n) is 5.39. The number of hydrogen-bond acceptors (Lipinski definition) is 4. The molecule has 2 rings (SSSR count). The summed E-state index contributed by atoms with van der Waals surface area (Å²) in [5.74, 6) is 0.0877. The molecule has 0 saturated carbocycles. The molecule has 1 aliphatic rings. The Morgan fingerprint density at radius 2 is 2.24 bits per heavy atom. The summed E-state index contributed by atoms with van der Waals surface area (Å²) in [6, 6.07) is 0. The van der Waals surface area contributed by atoms with Gasteiger partial charge in [-0.05, 0) is 12.8 Å². The number of rotatable bonds is 2. The van der Waals surface area contributed by atoms with Crippen LogP contribution in [0.2, 0.25) is 5.15 Å². The Hall–Kier alpha value is -0.720. The standard InChI is InChI=1S/C10H14ClN3O2S/c1-17(15,16)14-4-2-3-8(7-14)9-5-12-6-10(11)13-9/h5-6,8H,2-4,7H2,1H3/t8-/m1/s1. The zero-order valence-electron chi connectivity index (χ0n) is 9.50. The molecule has 1 atom stereocenters. The lowest BCUT2D eigenvalue weighted by molar-refractivity contribution is 0.314. The minimum atomic E-state index is -3.12. The van der Waals surface area contributed by atoms with Crippen LogP contribution >= 0.6 is 11.6 Å². The van der Waals surface area contributed by atoms with Gasteiger partial charge < -0.3 is 0 Å². The number of aromatic nitrogens is 2. The molecular formula is C10H14ClN3O2S. The fourth-order valence-corrected chi connectivity index (χ4v) is 3.10. The molecular weight excluding hydrogens is 262 g/mol. The lowest BCUT2D eigenvalue weighted by atomic mass is 9.96. The summed E-state index contributed by atoms with van der Waals surface area (Å²) >= 11 is 5.78. The lowest BCUT2D eigenvalue weighted by Gasteiger charge is -2.30. The van der Waals surface area contributed by atoms with Gasteiger partial charge in [0.2, 0.25) is 10.0 Å². The van der Waals surface area contributed by atoms with E-state index < -0.39 is 10.0 Å². The average Bonchev–Trinajstić information content (AvgIpc) is 2.28. The van der Waals surface area contributed by atoms with Crippen molar-refractivity contribution in [3.05, 3.63) is 23.2 Å². The van der Waals surface area contributed by atoms with E-state index in [0.717, 1.165) is 18.5 Å². The molecule has 0 spiro atoms. The summed E-state index contributed by atoms with van der Waals surface area (Å²) in [5.41, 5.74) is 0.769. The van der Waals surface area contributed by atoms with Crippen molar-refractivity contribution in [2.24, 2.45) is 0 Å². The topological polar surface area (TPSA) is 63.2 Å². The molecule has 94 valence electrons. The summed E-state index contributed by atoms with van der Waals surface area (Å²) in [7, 11) is -3.12. The third-order valence-electron chi connectivity index (χ3n) is 2.90. The molecule has 5 nitrogen and oxygen atoms in total. The second-order valence-electron chi connectivity index (χ2n) is 4.23. The number of piperidine rings is 1. The molecule has 7 heteroatoms. The van der Waals surface area contributed by atoms with E-state index in [1.54, 1.807) is 6.20 Å². The van der Waals surface area contributed by atoms with E-state index in [2.05, 4.69) is 9.97 Å². The van der Waals surface area contributed by atoms with Crippen molar-refractivity contribution in [1.29, 1.82) is 0 Å². The van der Waals surface area contributed by atoms with Gasteiger partial charge in [0.05, 0.1) is 18.1 Å². The second kappa shape index (κ2) is 4.88. The van der Waals surface area contributed by atoms with Crippen LogP contribution in [0.25, 0.3) is 0 Å². The van der Waals surface area contributed by atoms with Crippen molar-refractivity contribution in [2.75, 3.05) is 19.3 Å². The van der Waals surface area contributed by atoms with Gasteiger partial charge in [0, 0.05) is 25.2 Å². The van der Waals surface area contributed by atoms with Crippen LogP contribution in [0.15, 0.2) is 12.4 Å². The van der Waals surface area contributed by atoms with E-state index in [-0.39, 0.29) is 5.92 Å². The normalized spacial score (nSPS) is 22.6. The van der Waals surface area contributed by atoms with E-state index in [1.165, 1.54) is 16.8 Å². The fourth-order valence-electron chi connectivity index (χ4n) is 2.04. The van der Waals surface area contributed by atoms with Crippen LogP contribution in [0.3, 0.4) is 0 Å². The van der Waals surface area contributed by atoms with Crippen LogP contribution in [0.1, 0.15) is 24.5 Å². The Morgan fingerprint density at radius 3 is 2.88 bits per heavy atom. The molecule has 0 bridgehead atoms. The van der Waals surface area contributed by atoms with E-state index in [9.17, 15) is 8.42 Å². The van der Waals surface area contributed by atoms with Gasteiger partial charge in [-0.1, -0.05) is 11.6 Å². The molecule has 0 unspecified atom stereocenters. The predicted octanol–water partition coefficient (Wildman–Crippen LogP) is 1.27. The molecule has 1 aromatic rings. The molecule has 2 heterocycles. The van der Waals surface area contributed by atoms with Crippen molar-refractivity contribution in [3.63, 3.8) is 0 Å². The van der Waals surface area contributed by atoms with Gasteiger partial charge in [0.1, 0.15) is 5.15 Å². The van der Waals surface area contributed by atoms with Crippen molar-refractivity contribution >= 4 is 21.6 Å². The van der Waals surface area contributed by atoms with E-state index in [0.29, 0.717) is 18.2 Å². The van der Waals surface area contributed by atoms with E-state index in [1.807, 2.05) is 0 Å². The van der Waals surface area contributed by atoms with Crippen LogP contribution in [-0.4, -0.2) is 42.0 Å². The maximum absolute atomic E-state index is 11.5. The minimum Gasteiger partial charge on any atom is -0.260 e. The summed E-state index contributed by atoms with van der Waals surface area (Å²) < 4.78 is 24.5. The number of sulfonamides is 1. The van der Waals surface area contributed by atoms with E-state index in [4.69, 9.17) is 11.6 Å². The molecule has 0 amide bonds. The maximum atomic E-state index is 11.5. The van der Waals surface area contributed by atoms with Crippen LogP contribution in [0.4, 0.5) is 0 Å². The fraction of sp³-hybridized carbons (Fsp3) is 0.600. The molecule has 1 saturated heterocycles. The Kier molecular flexibility index (Phi) is 3.65. The van der Waals surface area contributed by atoms with Crippen LogP contribution < -0.4 is 0 Å². The summed E-state index contributed by atoms with van der Waals surface area (Å²) in [5, 5.41) is 0.346. The highest BCUT2D eigenvalue weighted by atomic mass is 35.5. The Morgan fingerprint density at radius 1 is 1.47 bits per heavy atom. The summed E-state index contributed by atoms with van der Waals surface area (Å²) in [4.78, 5) is 8.18. The molecule has 1 aliphatic heterocycles. The van der Waals surface area contributed by atoms with Gasteiger partial charge in [-0.15, -0.1) is 0 Å².